The molecule has 1 saturated heterocycles. The van der Waals surface area contributed by atoms with Crippen molar-refractivity contribution in [1.82, 2.24) is 9.88 Å². The van der Waals surface area contributed by atoms with Crippen LogP contribution in [0.4, 0.5) is 13.2 Å². The van der Waals surface area contributed by atoms with Crippen molar-refractivity contribution < 1.29 is 23.1 Å². The highest BCUT2D eigenvalue weighted by Gasteiger charge is 2.55. The van der Waals surface area contributed by atoms with Crippen LogP contribution in [-0.4, -0.2) is 45.8 Å². The summed E-state index contributed by atoms with van der Waals surface area (Å²) in [6, 6.07) is 7.31. The number of carbonyl (C=O) groups excluding carboxylic acids is 1. The van der Waals surface area contributed by atoms with E-state index in [4.69, 9.17) is 0 Å². The highest BCUT2D eigenvalue weighted by atomic mass is 19.4. The average Bonchev–Trinajstić information content (AvgIpc) is 2.82. The number of nitrogens with zero attached hydrogens (tertiary/aromatic N) is 1. The number of alkyl halides is 3. The van der Waals surface area contributed by atoms with Crippen molar-refractivity contribution in [2.75, 3.05) is 13.1 Å². The SMILES string of the molecule is Cc1[nH]c2ccccc2c1C(=O)N1CCC(O)(C(F)(F)F)CC1. The van der Waals surface area contributed by atoms with Crippen molar-refractivity contribution >= 4 is 16.8 Å². The topological polar surface area (TPSA) is 56.3 Å². The first-order chi connectivity index (χ1) is 10.7. The lowest BCUT2D eigenvalue weighted by Gasteiger charge is -2.39. The van der Waals surface area contributed by atoms with Gasteiger partial charge in [0, 0.05) is 42.5 Å². The summed E-state index contributed by atoms with van der Waals surface area (Å²) in [5.41, 5.74) is -0.706. The molecule has 0 saturated carbocycles. The number of para-hydroxylation sites is 1. The Labute approximate surface area is 130 Å². The molecule has 2 heterocycles. The molecule has 2 aromatic rings. The van der Waals surface area contributed by atoms with Crippen molar-refractivity contribution in [3.8, 4) is 0 Å². The zero-order valence-corrected chi connectivity index (χ0v) is 12.6. The van der Waals surface area contributed by atoms with Gasteiger partial charge in [0.15, 0.2) is 5.60 Å². The van der Waals surface area contributed by atoms with Crippen molar-refractivity contribution in [2.24, 2.45) is 0 Å². The van der Waals surface area contributed by atoms with E-state index in [1.165, 1.54) is 4.90 Å². The summed E-state index contributed by atoms with van der Waals surface area (Å²) in [4.78, 5) is 17.2. The molecular weight excluding hydrogens is 309 g/mol. The van der Waals surface area contributed by atoms with Crippen molar-refractivity contribution in [2.45, 2.75) is 31.5 Å². The molecule has 1 fully saturated rings. The van der Waals surface area contributed by atoms with E-state index in [2.05, 4.69) is 4.98 Å². The van der Waals surface area contributed by atoms with Crippen molar-refractivity contribution in [1.29, 1.82) is 0 Å². The van der Waals surface area contributed by atoms with Gasteiger partial charge in [0.25, 0.3) is 5.91 Å². The van der Waals surface area contributed by atoms with Crippen LogP contribution in [0.2, 0.25) is 0 Å². The van der Waals surface area contributed by atoms with Gasteiger partial charge in [0.05, 0.1) is 5.56 Å². The number of aromatic amines is 1. The van der Waals surface area contributed by atoms with E-state index in [0.29, 0.717) is 11.3 Å². The predicted octanol–water partition coefficient (Wildman–Crippen LogP) is 3.01. The fraction of sp³-hybridized carbons (Fsp3) is 0.438. The number of piperidine rings is 1. The standard InChI is InChI=1S/C16H17F3N2O2/c1-10-13(11-4-2-3-5-12(11)20-10)14(22)21-8-6-15(23,7-9-21)16(17,18)19/h2-5,20,23H,6-9H2,1H3. The summed E-state index contributed by atoms with van der Waals surface area (Å²) in [6.07, 6.45) is -5.66. The number of hydrogen-bond donors (Lipinski definition) is 2. The molecule has 1 amide bonds. The Bertz CT molecular complexity index is 743. The lowest BCUT2D eigenvalue weighted by Crippen LogP contribution is -2.54. The molecule has 4 nitrogen and oxygen atoms in total. The number of nitrogens with one attached hydrogen (secondary N) is 1. The number of H-pyrrole nitrogens is 1. The molecule has 0 aliphatic carbocycles. The third-order valence-electron chi connectivity index (χ3n) is 4.51. The molecule has 1 aliphatic heterocycles. The number of rotatable bonds is 1. The Kier molecular flexibility index (Phi) is 3.63. The lowest BCUT2D eigenvalue weighted by molar-refractivity contribution is -0.271. The number of aliphatic hydroxyl groups is 1. The number of aryl methyl sites for hydroxylation is 1. The average molecular weight is 326 g/mol. The number of halogens is 3. The maximum atomic E-state index is 12.8. The molecule has 23 heavy (non-hydrogen) atoms. The fourth-order valence-corrected chi connectivity index (χ4v) is 3.07. The van der Waals surface area contributed by atoms with E-state index in [9.17, 15) is 23.1 Å². The van der Waals surface area contributed by atoms with Gasteiger partial charge in [-0.25, -0.2) is 0 Å². The zero-order chi connectivity index (χ0) is 16.8. The first-order valence-electron chi connectivity index (χ1n) is 7.39. The van der Waals surface area contributed by atoms with Crippen LogP contribution in [0.1, 0.15) is 28.9 Å². The largest absolute Gasteiger partial charge is 0.417 e. The summed E-state index contributed by atoms with van der Waals surface area (Å²) >= 11 is 0. The van der Waals surface area contributed by atoms with Crippen LogP contribution < -0.4 is 0 Å². The molecule has 1 aliphatic rings. The van der Waals surface area contributed by atoms with E-state index in [0.717, 1.165) is 10.9 Å². The van der Waals surface area contributed by atoms with Gasteiger partial charge < -0.3 is 15.0 Å². The van der Waals surface area contributed by atoms with Crippen LogP contribution in [0.25, 0.3) is 10.9 Å². The number of likely N-dealkylation sites (tertiary alicyclic amines) is 1. The molecular formula is C16H17F3N2O2. The monoisotopic (exact) mass is 326 g/mol. The smallest absolute Gasteiger partial charge is 0.380 e. The predicted molar refractivity (Wildman–Crippen MR) is 79.2 cm³/mol. The minimum Gasteiger partial charge on any atom is -0.380 e. The second-order valence-corrected chi connectivity index (χ2v) is 5.99. The summed E-state index contributed by atoms with van der Waals surface area (Å²) in [5, 5.41) is 10.5. The first-order valence-corrected chi connectivity index (χ1v) is 7.39. The van der Waals surface area contributed by atoms with Gasteiger partial charge in [0.2, 0.25) is 0 Å². The molecule has 0 spiro atoms. The maximum Gasteiger partial charge on any atom is 0.417 e. The highest BCUT2D eigenvalue weighted by molar-refractivity contribution is 6.08. The van der Waals surface area contributed by atoms with Crippen LogP contribution in [-0.2, 0) is 0 Å². The summed E-state index contributed by atoms with van der Waals surface area (Å²) < 4.78 is 38.5. The number of hydrogen-bond acceptors (Lipinski definition) is 2. The van der Waals surface area contributed by atoms with E-state index < -0.39 is 24.6 Å². The fourth-order valence-electron chi connectivity index (χ4n) is 3.07. The lowest BCUT2D eigenvalue weighted by atomic mass is 9.90. The van der Waals surface area contributed by atoms with Crippen LogP contribution in [0, 0.1) is 6.92 Å². The molecule has 1 aromatic heterocycles. The third-order valence-corrected chi connectivity index (χ3v) is 4.51. The minimum absolute atomic E-state index is 0.117. The zero-order valence-electron chi connectivity index (χ0n) is 12.6. The van der Waals surface area contributed by atoms with Crippen LogP contribution in [0.5, 0.6) is 0 Å². The number of fused-ring (bicyclic) bond motifs is 1. The quantitative estimate of drug-likeness (QED) is 0.846. The van der Waals surface area contributed by atoms with Gasteiger partial charge in [-0.3, -0.25) is 4.79 Å². The van der Waals surface area contributed by atoms with Crippen LogP contribution in [0.3, 0.4) is 0 Å². The van der Waals surface area contributed by atoms with E-state index >= 15 is 0 Å². The van der Waals surface area contributed by atoms with E-state index in [1.807, 2.05) is 24.3 Å². The second kappa shape index (κ2) is 5.26. The summed E-state index contributed by atoms with van der Waals surface area (Å²) in [5.74, 6) is -0.302. The molecule has 0 atom stereocenters. The van der Waals surface area contributed by atoms with Crippen LogP contribution in [0.15, 0.2) is 24.3 Å². The molecule has 0 bridgehead atoms. The van der Waals surface area contributed by atoms with Crippen molar-refractivity contribution in [3.05, 3.63) is 35.5 Å². The highest BCUT2D eigenvalue weighted by Crippen LogP contribution is 2.38. The molecule has 2 N–H and O–H groups in total. The van der Waals surface area contributed by atoms with Gasteiger partial charge >= 0.3 is 6.18 Å². The van der Waals surface area contributed by atoms with E-state index in [1.54, 1.807) is 6.92 Å². The van der Waals surface area contributed by atoms with Gasteiger partial charge in [-0.15, -0.1) is 0 Å². The molecule has 0 radical (unpaired) electrons. The summed E-state index contributed by atoms with van der Waals surface area (Å²) in [7, 11) is 0. The van der Waals surface area contributed by atoms with Gasteiger partial charge in [0.1, 0.15) is 0 Å². The molecule has 124 valence electrons. The number of carbonyl (C=O) groups is 1. The number of amides is 1. The van der Waals surface area contributed by atoms with Gasteiger partial charge in [-0.05, 0) is 13.0 Å². The Morgan fingerprint density at radius 1 is 1.26 bits per heavy atom. The van der Waals surface area contributed by atoms with E-state index in [-0.39, 0.29) is 19.0 Å². The molecule has 0 unspecified atom stereocenters. The normalized spacial score (nSPS) is 18.4. The Morgan fingerprint density at radius 3 is 2.48 bits per heavy atom. The van der Waals surface area contributed by atoms with Crippen LogP contribution >= 0.6 is 0 Å². The Hall–Kier alpha value is -2.02. The minimum atomic E-state index is -4.67. The second-order valence-electron chi connectivity index (χ2n) is 5.99. The molecule has 7 heteroatoms. The number of aromatic nitrogens is 1. The third kappa shape index (κ3) is 2.59. The first kappa shape index (κ1) is 15.9. The van der Waals surface area contributed by atoms with Gasteiger partial charge in [-0.2, -0.15) is 13.2 Å². The molecule has 1 aromatic carbocycles. The Balaban J connectivity index is 1.84. The molecule has 3 rings (SSSR count). The Morgan fingerprint density at radius 2 is 1.87 bits per heavy atom. The van der Waals surface area contributed by atoms with Gasteiger partial charge in [-0.1, -0.05) is 18.2 Å². The maximum absolute atomic E-state index is 12.8. The van der Waals surface area contributed by atoms with Crippen molar-refractivity contribution in [3.63, 3.8) is 0 Å². The summed E-state index contributed by atoms with van der Waals surface area (Å²) in [6.45, 7) is 1.53. The number of benzene rings is 1.